The largest absolute Gasteiger partial charge is 0.383 e. The zero-order chi connectivity index (χ0) is 11.8. The second-order valence-electron chi connectivity index (χ2n) is 4.91. The summed E-state index contributed by atoms with van der Waals surface area (Å²) in [6.07, 6.45) is 3.86. The molecule has 0 bridgehead atoms. The average molecular weight is 269 g/mol. The van der Waals surface area contributed by atoms with Gasteiger partial charge in [0.2, 0.25) is 0 Å². The molecule has 0 aromatic carbocycles. The maximum Gasteiger partial charge on any atom is 0.142 e. The number of hydrogen-bond donors (Lipinski definition) is 1. The molecule has 2 heterocycles. The molecule has 1 aromatic heterocycles. The van der Waals surface area contributed by atoms with E-state index >= 15 is 0 Å². The zero-order valence-electron chi connectivity index (χ0n) is 10.2. The van der Waals surface area contributed by atoms with Crippen LogP contribution in [0, 0.1) is 0 Å². The molecular formula is C12H19N3S2. The molecule has 3 rings (SSSR count). The van der Waals surface area contributed by atoms with E-state index in [9.17, 15) is 0 Å². The molecule has 0 spiro atoms. The fourth-order valence-electron chi connectivity index (χ4n) is 2.43. The van der Waals surface area contributed by atoms with E-state index in [0.29, 0.717) is 5.92 Å². The second kappa shape index (κ2) is 4.69. The third-order valence-corrected chi connectivity index (χ3v) is 5.91. The summed E-state index contributed by atoms with van der Waals surface area (Å²) >= 11 is 3.71. The Hall–Kier alpha value is -0.420. The number of nitrogens with two attached hydrogens (primary N) is 1. The van der Waals surface area contributed by atoms with Crippen molar-refractivity contribution in [1.82, 2.24) is 4.37 Å². The predicted molar refractivity (Wildman–Crippen MR) is 77.3 cm³/mol. The normalized spacial score (nSPS) is 25.2. The Morgan fingerprint density at radius 1 is 1.47 bits per heavy atom. The van der Waals surface area contributed by atoms with E-state index in [1.807, 2.05) is 0 Å². The van der Waals surface area contributed by atoms with Crippen LogP contribution in [0.2, 0.25) is 0 Å². The molecule has 0 radical (unpaired) electrons. The summed E-state index contributed by atoms with van der Waals surface area (Å²) in [5, 5.41) is 2.14. The van der Waals surface area contributed by atoms with Crippen LogP contribution in [0.3, 0.4) is 0 Å². The number of hydrogen-bond acceptors (Lipinski definition) is 5. The summed E-state index contributed by atoms with van der Waals surface area (Å²) in [6.45, 7) is 4.61. The summed E-state index contributed by atoms with van der Waals surface area (Å²) in [4.78, 5) is 2.52. The summed E-state index contributed by atoms with van der Waals surface area (Å²) in [5.41, 5.74) is 7.38. The third-order valence-electron chi connectivity index (χ3n) is 3.60. The Balaban J connectivity index is 1.83. The van der Waals surface area contributed by atoms with Gasteiger partial charge in [0.05, 0.1) is 0 Å². The van der Waals surface area contributed by atoms with E-state index in [1.54, 1.807) is 11.5 Å². The molecule has 1 saturated carbocycles. The van der Waals surface area contributed by atoms with Crippen LogP contribution in [0.15, 0.2) is 0 Å². The molecule has 1 saturated heterocycles. The molecule has 17 heavy (non-hydrogen) atoms. The Morgan fingerprint density at radius 3 is 3.00 bits per heavy atom. The molecule has 2 aliphatic rings. The van der Waals surface area contributed by atoms with Crippen molar-refractivity contribution in [3.63, 3.8) is 0 Å². The van der Waals surface area contributed by atoms with Crippen molar-refractivity contribution in [3.8, 4) is 0 Å². The lowest BCUT2D eigenvalue weighted by Gasteiger charge is -2.33. The summed E-state index contributed by atoms with van der Waals surface area (Å²) < 4.78 is 4.37. The first-order valence-electron chi connectivity index (χ1n) is 6.41. The number of thioether (sulfide) groups is 1. The standard InChI is InChI=1S/C12H19N3S2/c1-2-9-7-15(5-6-16-9)12-10(8-3-4-8)11(13)14-17-12/h8-9H,2-7H2,1H3,(H2,13,14). The lowest BCUT2D eigenvalue weighted by Crippen LogP contribution is -2.37. The average Bonchev–Trinajstić information content (AvgIpc) is 3.12. The Kier molecular flexibility index (Phi) is 3.21. The SMILES string of the molecule is CCC1CN(c2snc(N)c2C2CC2)CCS1. The minimum absolute atomic E-state index is 0.707. The van der Waals surface area contributed by atoms with Gasteiger partial charge in [-0.1, -0.05) is 6.92 Å². The molecule has 1 atom stereocenters. The second-order valence-corrected chi connectivity index (χ2v) is 7.07. The molecule has 2 N–H and O–H groups in total. The first-order chi connectivity index (χ1) is 8.29. The summed E-state index contributed by atoms with van der Waals surface area (Å²) in [5.74, 6) is 2.73. The number of rotatable bonds is 3. The summed E-state index contributed by atoms with van der Waals surface area (Å²) in [7, 11) is 0. The lowest BCUT2D eigenvalue weighted by atomic mass is 10.2. The number of aromatic nitrogens is 1. The molecular weight excluding hydrogens is 250 g/mol. The van der Waals surface area contributed by atoms with Gasteiger partial charge in [-0.25, -0.2) is 0 Å². The van der Waals surface area contributed by atoms with Crippen LogP contribution in [-0.4, -0.2) is 28.5 Å². The Labute approximate surface area is 111 Å². The predicted octanol–water partition coefficient (Wildman–Crippen LogP) is 2.93. The van der Waals surface area contributed by atoms with E-state index in [2.05, 4.69) is 28.0 Å². The van der Waals surface area contributed by atoms with Crippen LogP contribution in [0.1, 0.15) is 37.7 Å². The Morgan fingerprint density at radius 2 is 2.29 bits per heavy atom. The maximum absolute atomic E-state index is 6.02. The topological polar surface area (TPSA) is 42.2 Å². The number of nitrogens with zero attached hydrogens (tertiary/aromatic N) is 2. The van der Waals surface area contributed by atoms with Crippen LogP contribution in [0.25, 0.3) is 0 Å². The highest BCUT2D eigenvalue weighted by atomic mass is 32.2. The van der Waals surface area contributed by atoms with E-state index in [1.165, 1.54) is 42.1 Å². The van der Waals surface area contributed by atoms with Crippen molar-refractivity contribution in [2.75, 3.05) is 29.5 Å². The van der Waals surface area contributed by atoms with Crippen molar-refractivity contribution in [2.45, 2.75) is 37.4 Å². The van der Waals surface area contributed by atoms with Crippen molar-refractivity contribution >= 4 is 34.1 Å². The summed E-state index contributed by atoms with van der Waals surface area (Å²) in [6, 6.07) is 0. The highest BCUT2D eigenvalue weighted by Gasteiger charge is 2.33. The molecule has 94 valence electrons. The lowest BCUT2D eigenvalue weighted by molar-refractivity contribution is 0.730. The van der Waals surface area contributed by atoms with Gasteiger partial charge in [0.15, 0.2) is 0 Å². The van der Waals surface area contributed by atoms with Gasteiger partial charge in [-0.2, -0.15) is 16.1 Å². The van der Waals surface area contributed by atoms with Gasteiger partial charge in [0.25, 0.3) is 0 Å². The highest BCUT2D eigenvalue weighted by Crippen LogP contribution is 2.49. The number of nitrogen functional groups attached to an aromatic ring is 1. The van der Waals surface area contributed by atoms with E-state index in [-0.39, 0.29) is 0 Å². The zero-order valence-corrected chi connectivity index (χ0v) is 11.8. The monoisotopic (exact) mass is 269 g/mol. The quantitative estimate of drug-likeness (QED) is 0.916. The molecule has 3 nitrogen and oxygen atoms in total. The minimum atomic E-state index is 0.707. The van der Waals surface area contributed by atoms with Gasteiger partial charge in [0, 0.05) is 29.7 Å². The van der Waals surface area contributed by atoms with Crippen molar-refractivity contribution in [2.24, 2.45) is 0 Å². The Bertz CT molecular complexity index is 400. The van der Waals surface area contributed by atoms with Crippen molar-refractivity contribution in [3.05, 3.63) is 5.56 Å². The van der Waals surface area contributed by atoms with E-state index in [4.69, 9.17) is 5.73 Å². The first kappa shape index (κ1) is 11.7. The molecule has 1 aliphatic heterocycles. The van der Waals surface area contributed by atoms with Crippen molar-refractivity contribution in [1.29, 1.82) is 0 Å². The number of anilines is 2. The fraction of sp³-hybridized carbons (Fsp3) is 0.750. The fourth-order valence-corrected chi connectivity index (χ4v) is 4.55. The van der Waals surface area contributed by atoms with Crippen molar-refractivity contribution < 1.29 is 0 Å². The van der Waals surface area contributed by atoms with Gasteiger partial charge < -0.3 is 10.6 Å². The molecule has 1 aromatic rings. The van der Waals surface area contributed by atoms with Crippen LogP contribution < -0.4 is 10.6 Å². The van der Waals surface area contributed by atoms with E-state index in [0.717, 1.165) is 17.6 Å². The maximum atomic E-state index is 6.02. The molecule has 1 aliphatic carbocycles. The first-order valence-corrected chi connectivity index (χ1v) is 8.23. The molecule has 1 unspecified atom stereocenters. The van der Waals surface area contributed by atoms with Gasteiger partial charge in [-0.05, 0) is 36.7 Å². The van der Waals surface area contributed by atoms with Gasteiger partial charge in [-0.3, -0.25) is 0 Å². The molecule has 2 fully saturated rings. The van der Waals surface area contributed by atoms with Gasteiger partial charge in [0.1, 0.15) is 10.8 Å². The van der Waals surface area contributed by atoms with Crippen LogP contribution in [-0.2, 0) is 0 Å². The molecule has 5 heteroatoms. The van der Waals surface area contributed by atoms with Gasteiger partial charge >= 0.3 is 0 Å². The smallest absolute Gasteiger partial charge is 0.142 e. The minimum Gasteiger partial charge on any atom is -0.383 e. The van der Waals surface area contributed by atoms with Gasteiger partial charge in [-0.15, -0.1) is 0 Å². The highest BCUT2D eigenvalue weighted by molar-refractivity contribution is 8.00. The van der Waals surface area contributed by atoms with E-state index < -0.39 is 0 Å². The third kappa shape index (κ3) is 2.27. The molecule has 0 amide bonds. The van der Waals surface area contributed by atoms with Crippen LogP contribution in [0.4, 0.5) is 10.8 Å². The van der Waals surface area contributed by atoms with Crippen LogP contribution >= 0.6 is 23.3 Å². The van der Waals surface area contributed by atoms with Crippen LogP contribution in [0.5, 0.6) is 0 Å².